The van der Waals surface area contributed by atoms with Crippen molar-refractivity contribution in [1.82, 2.24) is 15.5 Å². The van der Waals surface area contributed by atoms with Crippen LogP contribution in [0, 0.1) is 0 Å². The molecule has 0 amide bonds. The molecule has 1 aromatic rings. The number of nitrogens with zero attached hydrogens (tertiary/aromatic N) is 2. The van der Waals surface area contributed by atoms with Crippen molar-refractivity contribution in [3.8, 4) is 0 Å². The SMILES string of the molecule is CCNC(=NCC(C)Sc1ccccc1)NC1CCN(C2CC2)CC1.I. The van der Waals surface area contributed by atoms with E-state index in [0.717, 1.165) is 25.1 Å². The van der Waals surface area contributed by atoms with Gasteiger partial charge in [-0.15, -0.1) is 35.7 Å². The minimum absolute atomic E-state index is 0. The number of guanidine groups is 1. The van der Waals surface area contributed by atoms with Crippen molar-refractivity contribution >= 4 is 41.7 Å². The van der Waals surface area contributed by atoms with Gasteiger partial charge in [0, 0.05) is 41.9 Å². The van der Waals surface area contributed by atoms with Crippen LogP contribution in [0.2, 0.25) is 0 Å². The van der Waals surface area contributed by atoms with Crippen LogP contribution in [0.25, 0.3) is 0 Å². The quantitative estimate of drug-likeness (QED) is 0.264. The predicted octanol–water partition coefficient (Wildman–Crippen LogP) is 3.97. The number of halogens is 1. The first-order valence-electron chi connectivity index (χ1n) is 9.75. The molecule has 1 aromatic carbocycles. The number of rotatable bonds is 7. The lowest BCUT2D eigenvalue weighted by Crippen LogP contribution is -2.49. The van der Waals surface area contributed by atoms with E-state index in [1.807, 2.05) is 11.8 Å². The average molecular weight is 488 g/mol. The first-order chi connectivity index (χ1) is 12.2. The third-order valence-corrected chi connectivity index (χ3v) is 5.96. The number of hydrogen-bond donors (Lipinski definition) is 2. The van der Waals surface area contributed by atoms with Crippen molar-refractivity contribution in [2.24, 2.45) is 4.99 Å². The van der Waals surface area contributed by atoms with Gasteiger partial charge in [0.2, 0.25) is 0 Å². The van der Waals surface area contributed by atoms with Gasteiger partial charge in [0.05, 0.1) is 6.54 Å². The monoisotopic (exact) mass is 488 g/mol. The molecule has 0 bridgehead atoms. The molecule has 3 rings (SSSR count). The van der Waals surface area contributed by atoms with Gasteiger partial charge in [0.15, 0.2) is 5.96 Å². The molecule has 1 aliphatic heterocycles. The summed E-state index contributed by atoms with van der Waals surface area (Å²) in [6.07, 6.45) is 5.29. The Hall–Kier alpha value is -0.470. The smallest absolute Gasteiger partial charge is 0.191 e. The number of piperidine rings is 1. The Morgan fingerprint density at radius 2 is 1.88 bits per heavy atom. The molecule has 2 fully saturated rings. The molecule has 1 atom stereocenters. The molecule has 26 heavy (non-hydrogen) atoms. The molecule has 1 saturated heterocycles. The van der Waals surface area contributed by atoms with E-state index in [1.54, 1.807) is 0 Å². The number of hydrogen-bond acceptors (Lipinski definition) is 3. The largest absolute Gasteiger partial charge is 0.357 e. The van der Waals surface area contributed by atoms with Crippen LogP contribution in [0.15, 0.2) is 40.2 Å². The molecule has 2 aliphatic rings. The zero-order chi connectivity index (χ0) is 17.5. The maximum atomic E-state index is 4.83. The molecular weight excluding hydrogens is 455 g/mol. The van der Waals surface area contributed by atoms with E-state index in [-0.39, 0.29) is 24.0 Å². The molecule has 1 heterocycles. The maximum absolute atomic E-state index is 4.83. The summed E-state index contributed by atoms with van der Waals surface area (Å²) in [5.41, 5.74) is 0. The van der Waals surface area contributed by atoms with Gasteiger partial charge in [-0.1, -0.05) is 25.1 Å². The predicted molar refractivity (Wildman–Crippen MR) is 124 cm³/mol. The fourth-order valence-electron chi connectivity index (χ4n) is 3.35. The highest BCUT2D eigenvalue weighted by atomic mass is 127. The summed E-state index contributed by atoms with van der Waals surface area (Å²) in [6, 6.07) is 12.1. The van der Waals surface area contributed by atoms with Crippen LogP contribution in [-0.4, -0.2) is 54.4 Å². The molecule has 4 nitrogen and oxygen atoms in total. The Bertz CT molecular complexity index is 542. The number of likely N-dealkylation sites (tertiary alicyclic amines) is 1. The van der Waals surface area contributed by atoms with Gasteiger partial charge in [-0.2, -0.15) is 0 Å². The van der Waals surface area contributed by atoms with Gasteiger partial charge in [-0.25, -0.2) is 0 Å². The molecule has 0 spiro atoms. The topological polar surface area (TPSA) is 39.7 Å². The average Bonchev–Trinajstić information content (AvgIpc) is 3.47. The van der Waals surface area contributed by atoms with Crippen molar-refractivity contribution < 1.29 is 0 Å². The van der Waals surface area contributed by atoms with Gasteiger partial charge in [-0.05, 0) is 44.7 Å². The molecule has 1 aliphatic carbocycles. The fourth-order valence-corrected chi connectivity index (χ4v) is 4.28. The summed E-state index contributed by atoms with van der Waals surface area (Å²) in [5, 5.41) is 7.54. The Labute approximate surface area is 180 Å². The van der Waals surface area contributed by atoms with E-state index in [9.17, 15) is 0 Å². The van der Waals surface area contributed by atoms with Crippen LogP contribution in [0.5, 0.6) is 0 Å². The highest BCUT2D eigenvalue weighted by molar-refractivity contribution is 14.0. The molecule has 2 N–H and O–H groups in total. The van der Waals surface area contributed by atoms with Crippen molar-refractivity contribution in [3.05, 3.63) is 30.3 Å². The van der Waals surface area contributed by atoms with Crippen molar-refractivity contribution in [2.75, 3.05) is 26.2 Å². The molecule has 6 heteroatoms. The van der Waals surface area contributed by atoms with Crippen molar-refractivity contribution in [3.63, 3.8) is 0 Å². The lowest BCUT2D eigenvalue weighted by atomic mass is 10.1. The Kier molecular flexibility index (Phi) is 9.56. The van der Waals surface area contributed by atoms with Crippen molar-refractivity contribution in [1.29, 1.82) is 0 Å². The summed E-state index contributed by atoms with van der Waals surface area (Å²) in [5.74, 6) is 0.980. The third kappa shape index (κ3) is 7.27. The van der Waals surface area contributed by atoms with Gasteiger partial charge in [0.1, 0.15) is 0 Å². The van der Waals surface area contributed by atoms with Crippen LogP contribution in [0.1, 0.15) is 39.5 Å². The Morgan fingerprint density at radius 3 is 2.50 bits per heavy atom. The molecule has 0 radical (unpaired) electrons. The number of aliphatic imine (C=N–C) groups is 1. The first kappa shape index (κ1) is 21.8. The zero-order valence-corrected chi connectivity index (χ0v) is 19.1. The second-order valence-electron chi connectivity index (χ2n) is 7.15. The van der Waals surface area contributed by atoms with Gasteiger partial charge >= 0.3 is 0 Å². The van der Waals surface area contributed by atoms with Crippen LogP contribution in [-0.2, 0) is 0 Å². The van der Waals surface area contributed by atoms with E-state index in [4.69, 9.17) is 4.99 Å². The highest BCUT2D eigenvalue weighted by Gasteiger charge is 2.31. The van der Waals surface area contributed by atoms with E-state index < -0.39 is 0 Å². The summed E-state index contributed by atoms with van der Waals surface area (Å²) < 4.78 is 0. The minimum atomic E-state index is 0. The van der Waals surface area contributed by atoms with E-state index in [2.05, 4.69) is 59.7 Å². The summed E-state index contributed by atoms with van der Waals surface area (Å²) in [7, 11) is 0. The zero-order valence-electron chi connectivity index (χ0n) is 16.0. The second kappa shape index (κ2) is 11.4. The van der Waals surface area contributed by atoms with Gasteiger partial charge in [-0.3, -0.25) is 4.99 Å². The normalized spacial score (nSPS) is 20.3. The number of nitrogens with one attached hydrogen (secondary N) is 2. The second-order valence-corrected chi connectivity index (χ2v) is 8.66. The fraction of sp³-hybridized carbons (Fsp3) is 0.650. The molecule has 1 unspecified atom stereocenters. The van der Waals surface area contributed by atoms with Gasteiger partial charge in [0.25, 0.3) is 0 Å². The molecule has 1 saturated carbocycles. The molecule has 0 aromatic heterocycles. The summed E-state index contributed by atoms with van der Waals surface area (Å²) >= 11 is 1.89. The van der Waals surface area contributed by atoms with E-state index in [0.29, 0.717) is 11.3 Å². The number of thioether (sulfide) groups is 1. The lowest BCUT2D eigenvalue weighted by molar-refractivity contribution is 0.197. The standard InChI is InChI=1S/C20H32N4S.HI/c1-3-21-20(22-15-16(2)25-19-7-5-4-6-8-19)23-17-11-13-24(14-12-17)18-9-10-18;/h4-8,16-18H,3,9-15H2,1-2H3,(H2,21,22,23);1H. The van der Waals surface area contributed by atoms with E-state index >= 15 is 0 Å². The Balaban J connectivity index is 0.00000243. The van der Waals surface area contributed by atoms with Crippen LogP contribution < -0.4 is 10.6 Å². The van der Waals surface area contributed by atoms with E-state index in [1.165, 1.54) is 43.7 Å². The number of benzene rings is 1. The van der Waals surface area contributed by atoms with Crippen LogP contribution >= 0.6 is 35.7 Å². The summed E-state index contributed by atoms with van der Waals surface area (Å²) in [4.78, 5) is 8.81. The highest BCUT2D eigenvalue weighted by Crippen LogP contribution is 2.29. The third-order valence-electron chi connectivity index (χ3n) is 4.86. The lowest BCUT2D eigenvalue weighted by Gasteiger charge is -2.33. The van der Waals surface area contributed by atoms with Crippen LogP contribution in [0.3, 0.4) is 0 Å². The first-order valence-corrected chi connectivity index (χ1v) is 10.6. The van der Waals surface area contributed by atoms with Crippen LogP contribution in [0.4, 0.5) is 0 Å². The summed E-state index contributed by atoms with van der Waals surface area (Å²) in [6.45, 7) is 8.60. The van der Waals surface area contributed by atoms with Gasteiger partial charge < -0.3 is 15.5 Å². The Morgan fingerprint density at radius 1 is 1.19 bits per heavy atom. The van der Waals surface area contributed by atoms with Crippen molar-refractivity contribution in [2.45, 2.75) is 61.8 Å². The maximum Gasteiger partial charge on any atom is 0.191 e. The molecular formula is C20H33IN4S. The molecule has 146 valence electrons. The minimum Gasteiger partial charge on any atom is -0.357 e.